The zero-order valence-electron chi connectivity index (χ0n) is 9.26. The molecule has 0 unspecified atom stereocenters. The Morgan fingerprint density at radius 3 is 2.40 bits per heavy atom. The highest BCUT2D eigenvalue weighted by atomic mass is 35.5. The van der Waals surface area contributed by atoms with E-state index >= 15 is 0 Å². The largest absolute Gasteiger partial charge is 0.496 e. The van der Waals surface area contributed by atoms with E-state index in [2.05, 4.69) is 5.32 Å². The molecule has 1 N–H and O–H groups in total. The average molecular weight is 230 g/mol. The fraction of sp³-hybridized carbons (Fsp3) is 0.455. The van der Waals surface area contributed by atoms with Gasteiger partial charge in [0.2, 0.25) is 0 Å². The topological polar surface area (TPSA) is 30.5 Å². The van der Waals surface area contributed by atoms with E-state index in [0.717, 1.165) is 24.3 Å². The fourth-order valence-corrected chi connectivity index (χ4v) is 1.64. The van der Waals surface area contributed by atoms with Crippen molar-refractivity contribution in [1.82, 2.24) is 5.32 Å². The third-order valence-corrected chi connectivity index (χ3v) is 2.49. The van der Waals surface area contributed by atoms with Crippen molar-refractivity contribution in [2.45, 2.75) is 6.42 Å². The molecule has 1 rings (SSSR count). The Kier molecular flexibility index (Phi) is 4.72. The highest BCUT2D eigenvalue weighted by Crippen LogP contribution is 2.32. The van der Waals surface area contributed by atoms with Gasteiger partial charge in [-0.2, -0.15) is 0 Å². The van der Waals surface area contributed by atoms with E-state index in [1.165, 1.54) is 0 Å². The Morgan fingerprint density at radius 2 is 1.87 bits per heavy atom. The summed E-state index contributed by atoms with van der Waals surface area (Å²) in [6.45, 7) is 0.888. The number of rotatable bonds is 5. The van der Waals surface area contributed by atoms with Gasteiger partial charge in [0.25, 0.3) is 0 Å². The molecular formula is C11H16ClNO2. The molecule has 0 bridgehead atoms. The first-order valence-corrected chi connectivity index (χ1v) is 5.15. The van der Waals surface area contributed by atoms with Crippen LogP contribution in [0.2, 0.25) is 5.02 Å². The number of hydrogen-bond acceptors (Lipinski definition) is 3. The van der Waals surface area contributed by atoms with Crippen LogP contribution >= 0.6 is 11.6 Å². The van der Waals surface area contributed by atoms with Crippen LogP contribution in [-0.2, 0) is 6.42 Å². The summed E-state index contributed by atoms with van der Waals surface area (Å²) in [6.07, 6.45) is 0.878. The number of benzene rings is 1. The van der Waals surface area contributed by atoms with Crippen molar-refractivity contribution in [3.8, 4) is 11.5 Å². The zero-order valence-corrected chi connectivity index (χ0v) is 10.0. The summed E-state index contributed by atoms with van der Waals surface area (Å²) in [6, 6.07) is 3.70. The van der Waals surface area contributed by atoms with E-state index in [9.17, 15) is 0 Å². The van der Waals surface area contributed by atoms with Crippen molar-refractivity contribution in [3.63, 3.8) is 0 Å². The lowest BCUT2D eigenvalue weighted by atomic mass is 10.1. The summed E-state index contributed by atoms with van der Waals surface area (Å²) in [7, 11) is 5.15. The highest BCUT2D eigenvalue weighted by Gasteiger charge is 2.09. The van der Waals surface area contributed by atoms with Crippen LogP contribution in [0.3, 0.4) is 0 Å². The van der Waals surface area contributed by atoms with Crippen molar-refractivity contribution < 1.29 is 9.47 Å². The minimum atomic E-state index is 0.615. The van der Waals surface area contributed by atoms with Gasteiger partial charge in [-0.3, -0.25) is 0 Å². The standard InChI is InChI=1S/C11H16ClNO2/c1-13-5-4-8-6-9(12)11(15-3)7-10(8)14-2/h6-7,13H,4-5H2,1-3H3. The highest BCUT2D eigenvalue weighted by molar-refractivity contribution is 6.32. The number of methoxy groups -OCH3 is 2. The number of likely N-dealkylation sites (N-methyl/N-ethyl adjacent to an activating group) is 1. The Hall–Kier alpha value is -0.930. The van der Waals surface area contributed by atoms with Gasteiger partial charge in [0.15, 0.2) is 0 Å². The Labute approximate surface area is 95.3 Å². The molecule has 0 radical (unpaired) electrons. The molecule has 0 aliphatic carbocycles. The second kappa shape index (κ2) is 5.83. The molecule has 84 valence electrons. The van der Waals surface area contributed by atoms with Crippen molar-refractivity contribution in [2.24, 2.45) is 0 Å². The third kappa shape index (κ3) is 3.01. The maximum absolute atomic E-state index is 6.04. The summed E-state index contributed by atoms with van der Waals surface area (Å²) in [5.41, 5.74) is 1.08. The van der Waals surface area contributed by atoms with Crippen LogP contribution in [0, 0.1) is 0 Å². The van der Waals surface area contributed by atoms with Crippen molar-refractivity contribution in [3.05, 3.63) is 22.7 Å². The summed E-state index contributed by atoms with van der Waals surface area (Å²) in [5, 5.41) is 3.70. The predicted molar refractivity (Wildman–Crippen MR) is 62.2 cm³/mol. The molecule has 0 fully saturated rings. The minimum absolute atomic E-state index is 0.615. The summed E-state index contributed by atoms with van der Waals surface area (Å²) in [5.74, 6) is 1.45. The van der Waals surface area contributed by atoms with Gasteiger partial charge in [-0.05, 0) is 31.6 Å². The molecular weight excluding hydrogens is 214 g/mol. The Morgan fingerprint density at radius 1 is 1.20 bits per heavy atom. The second-order valence-corrected chi connectivity index (χ2v) is 3.56. The van der Waals surface area contributed by atoms with Crippen molar-refractivity contribution in [2.75, 3.05) is 27.8 Å². The first-order valence-electron chi connectivity index (χ1n) is 4.78. The Balaban J connectivity index is 2.98. The van der Waals surface area contributed by atoms with Gasteiger partial charge in [-0.25, -0.2) is 0 Å². The molecule has 0 heterocycles. The molecule has 0 atom stereocenters. The maximum atomic E-state index is 6.04. The number of nitrogens with one attached hydrogen (secondary N) is 1. The molecule has 0 aliphatic heterocycles. The minimum Gasteiger partial charge on any atom is -0.496 e. The van der Waals surface area contributed by atoms with Crippen LogP contribution in [0.1, 0.15) is 5.56 Å². The first kappa shape index (κ1) is 12.1. The van der Waals surface area contributed by atoms with E-state index in [1.807, 2.05) is 19.2 Å². The average Bonchev–Trinajstić information content (AvgIpc) is 2.26. The van der Waals surface area contributed by atoms with Gasteiger partial charge < -0.3 is 14.8 Å². The Bertz CT molecular complexity index is 329. The van der Waals surface area contributed by atoms with Crippen LogP contribution < -0.4 is 14.8 Å². The number of hydrogen-bond donors (Lipinski definition) is 1. The maximum Gasteiger partial charge on any atom is 0.141 e. The van der Waals surface area contributed by atoms with Crippen molar-refractivity contribution in [1.29, 1.82) is 0 Å². The number of ether oxygens (including phenoxy) is 2. The molecule has 1 aromatic rings. The van der Waals surface area contributed by atoms with Gasteiger partial charge in [-0.15, -0.1) is 0 Å². The summed E-state index contributed by atoms with van der Waals surface area (Å²) >= 11 is 6.04. The van der Waals surface area contributed by atoms with E-state index < -0.39 is 0 Å². The molecule has 4 heteroatoms. The molecule has 0 aromatic heterocycles. The summed E-state index contributed by atoms with van der Waals surface area (Å²) < 4.78 is 10.4. The van der Waals surface area contributed by atoms with Crippen molar-refractivity contribution >= 4 is 11.6 Å². The lowest BCUT2D eigenvalue weighted by Gasteiger charge is -2.11. The molecule has 0 spiro atoms. The fourth-order valence-electron chi connectivity index (χ4n) is 1.38. The zero-order chi connectivity index (χ0) is 11.3. The molecule has 15 heavy (non-hydrogen) atoms. The lowest BCUT2D eigenvalue weighted by molar-refractivity contribution is 0.391. The van der Waals surface area contributed by atoms with Gasteiger partial charge >= 0.3 is 0 Å². The quantitative estimate of drug-likeness (QED) is 0.839. The van der Waals surface area contributed by atoms with Gasteiger partial charge in [0.05, 0.1) is 19.2 Å². The molecule has 3 nitrogen and oxygen atoms in total. The first-order chi connectivity index (χ1) is 7.22. The number of halogens is 1. The van der Waals surface area contributed by atoms with E-state index in [0.29, 0.717) is 10.8 Å². The molecule has 0 saturated carbocycles. The molecule has 0 aliphatic rings. The van der Waals surface area contributed by atoms with Gasteiger partial charge in [0, 0.05) is 6.07 Å². The van der Waals surface area contributed by atoms with Crippen LogP contribution in [0.25, 0.3) is 0 Å². The molecule has 1 aromatic carbocycles. The monoisotopic (exact) mass is 229 g/mol. The van der Waals surface area contributed by atoms with Gasteiger partial charge in [0.1, 0.15) is 11.5 Å². The lowest BCUT2D eigenvalue weighted by Crippen LogP contribution is -2.11. The van der Waals surface area contributed by atoms with Crippen LogP contribution in [0.4, 0.5) is 0 Å². The smallest absolute Gasteiger partial charge is 0.141 e. The van der Waals surface area contributed by atoms with E-state index in [-0.39, 0.29) is 0 Å². The third-order valence-electron chi connectivity index (χ3n) is 2.20. The van der Waals surface area contributed by atoms with E-state index in [4.69, 9.17) is 21.1 Å². The SMILES string of the molecule is CNCCc1cc(Cl)c(OC)cc1OC. The van der Waals surface area contributed by atoms with Crippen LogP contribution in [-0.4, -0.2) is 27.8 Å². The second-order valence-electron chi connectivity index (χ2n) is 3.15. The van der Waals surface area contributed by atoms with Gasteiger partial charge in [-0.1, -0.05) is 11.6 Å². The van der Waals surface area contributed by atoms with Crippen LogP contribution in [0.15, 0.2) is 12.1 Å². The normalized spacial score (nSPS) is 10.1. The van der Waals surface area contributed by atoms with Crippen LogP contribution in [0.5, 0.6) is 11.5 Å². The van der Waals surface area contributed by atoms with E-state index in [1.54, 1.807) is 14.2 Å². The predicted octanol–water partition coefficient (Wildman–Crippen LogP) is 2.12. The molecule has 0 saturated heterocycles. The summed E-state index contributed by atoms with van der Waals surface area (Å²) in [4.78, 5) is 0. The molecule has 0 amide bonds.